The van der Waals surface area contributed by atoms with Gasteiger partial charge in [-0.15, -0.1) is 0 Å². The lowest BCUT2D eigenvalue weighted by Gasteiger charge is -2.15. The van der Waals surface area contributed by atoms with E-state index in [4.69, 9.17) is 0 Å². The number of rotatable bonds is 5. The molecule has 0 aliphatic rings. The standard InChI is InChI=1S/C16H14F5N3O/c1-2-24(13-7-6-10(8-22-13)16(19,20)21)9-14(25)23-15-11(17)4-3-5-12(15)18/h3-8H,2,9H2,1H3,(H,23,25)/p+1. The highest BCUT2D eigenvalue weighted by Gasteiger charge is 2.32. The van der Waals surface area contributed by atoms with Crippen LogP contribution in [-0.4, -0.2) is 19.0 Å². The molecular formula is C16H15F5N3O+. The molecule has 1 heterocycles. The van der Waals surface area contributed by atoms with Gasteiger partial charge >= 0.3 is 6.18 Å². The number of likely N-dealkylation sites (N-methyl/N-ethyl adjacent to an activating group) is 1. The summed E-state index contributed by atoms with van der Waals surface area (Å²) in [5, 5.41) is 2.12. The summed E-state index contributed by atoms with van der Waals surface area (Å²) >= 11 is 0. The summed E-state index contributed by atoms with van der Waals surface area (Å²) in [5.74, 6) is -2.28. The van der Waals surface area contributed by atoms with E-state index < -0.39 is 35.0 Å². The molecular weight excluding hydrogens is 345 g/mol. The van der Waals surface area contributed by atoms with Crippen LogP contribution in [0.4, 0.5) is 33.5 Å². The molecule has 25 heavy (non-hydrogen) atoms. The molecule has 0 saturated heterocycles. The van der Waals surface area contributed by atoms with Gasteiger partial charge in [0.2, 0.25) is 0 Å². The van der Waals surface area contributed by atoms with Crippen LogP contribution in [0, 0.1) is 11.6 Å². The molecule has 0 saturated carbocycles. The Morgan fingerprint density at radius 1 is 1.16 bits per heavy atom. The molecule has 1 aromatic carbocycles. The number of hydrogen-bond donors (Lipinski definition) is 1. The maximum atomic E-state index is 13.5. The van der Waals surface area contributed by atoms with E-state index in [1.807, 2.05) is 0 Å². The van der Waals surface area contributed by atoms with Crippen molar-refractivity contribution in [2.24, 2.45) is 0 Å². The van der Waals surface area contributed by atoms with Gasteiger partial charge in [-0.2, -0.15) is 13.2 Å². The third-order valence-electron chi connectivity index (χ3n) is 3.41. The number of halogens is 5. The summed E-state index contributed by atoms with van der Waals surface area (Å²) in [4.78, 5) is 15.9. The summed E-state index contributed by atoms with van der Waals surface area (Å²) in [6.45, 7) is 1.67. The van der Waals surface area contributed by atoms with Crippen LogP contribution < -0.4 is 15.2 Å². The second-order valence-corrected chi connectivity index (χ2v) is 5.12. The van der Waals surface area contributed by atoms with E-state index in [9.17, 15) is 26.7 Å². The first kappa shape index (κ1) is 18.6. The van der Waals surface area contributed by atoms with E-state index in [0.717, 1.165) is 30.5 Å². The van der Waals surface area contributed by atoms with Crippen molar-refractivity contribution in [2.45, 2.75) is 13.1 Å². The Morgan fingerprint density at radius 2 is 1.80 bits per heavy atom. The van der Waals surface area contributed by atoms with E-state index in [0.29, 0.717) is 0 Å². The molecule has 0 spiro atoms. The van der Waals surface area contributed by atoms with E-state index in [2.05, 4.69) is 10.3 Å². The van der Waals surface area contributed by atoms with E-state index in [1.165, 1.54) is 11.0 Å². The van der Waals surface area contributed by atoms with Gasteiger partial charge in [0.1, 0.15) is 23.5 Å². The van der Waals surface area contributed by atoms with Crippen LogP contribution in [0.15, 0.2) is 36.5 Å². The van der Waals surface area contributed by atoms with Gasteiger partial charge in [-0.3, -0.25) is 9.69 Å². The Kier molecular flexibility index (Phi) is 5.55. The highest BCUT2D eigenvalue weighted by molar-refractivity contribution is 5.94. The molecule has 2 N–H and O–H groups in total. The number of benzene rings is 1. The Bertz CT molecular complexity index is 726. The number of amides is 1. The molecule has 1 amide bonds. The van der Waals surface area contributed by atoms with Gasteiger partial charge in [-0.25, -0.2) is 13.8 Å². The molecule has 2 rings (SSSR count). The van der Waals surface area contributed by atoms with Crippen molar-refractivity contribution in [3.05, 3.63) is 53.7 Å². The van der Waals surface area contributed by atoms with E-state index >= 15 is 0 Å². The van der Waals surface area contributed by atoms with Crippen molar-refractivity contribution >= 4 is 17.4 Å². The number of alkyl halides is 3. The fourth-order valence-corrected chi connectivity index (χ4v) is 2.13. The number of para-hydroxylation sites is 1. The smallest absolute Gasteiger partial charge is 0.318 e. The monoisotopic (exact) mass is 360 g/mol. The molecule has 0 fully saturated rings. The van der Waals surface area contributed by atoms with E-state index in [-0.39, 0.29) is 18.9 Å². The lowest BCUT2D eigenvalue weighted by atomic mass is 10.2. The molecule has 2 aromatic rings. The summed E-state index contributed by atoms with van der Waals surface area (Å²) in [5.41, 5.74) is -1.43. The van der Waals surface area contributed by atoms with Crippen LogP contribution in [0.2, 0.25) is 0 Å². The number of aromatic nitrogens is 1. The Morgan fingerprint density at radius 3 is 2.28 bits per heavy atom. The lowest BCUT2D eigenvalue weighted by molar-refractivity contribution is -0.367. The molecule has 9 heteroatoms. The number of pyridine rings is 1. The largest absolute Gasteiger partial charge is 0.419 e. The number of H-pyrrole nitrogens is 1. The first-order chi connectivity index (χ1) is 11.7. The van der Waals surface area contributed by atoms with Gasteiger partial charge in [0.15, 0.2) is 6.54 Å². The first-order valence-corrected chi connectivity index (χ1v) is 7.30. The maximum absolute atomic E-state index is 13.5. The highest BCUT2D eigenvalue weighted by atomic mass is 19.4. The van der Waals surface area contributed by atoms with Gasteiger partial charge < -0.3 is 5.32 Å². The first-order valence-electron chi connectivity index (χ1n) is 7.30. The van der Waals surface area contributed by atoms with Crippen molar-refractivity contribution in [1.29, 1.82) is 0 Å². The third kappa shape index (κ3) is 4.65. The summed E-state index contributed by atoms with van der Waals surface area (Å²) in [7, 11) is 0. The predicted molar refractivity (Wildman–Crippen MR) is 80.9 cm³/mol. The summed E-state index contributed by atoms with van der Waals surface area (Å²) < 4.78 is 64.7. The molecule has 0 aliphatic carbocycles. The topological polar surface area (TPSA) is 46.5 Å². The minimum absolute atomic E-state index is 0.264. The zero-order valence-electron chi connectivity index (χ0n) is 13.1. The number of carbonyl (C=O) groups excluding carboxylic acids is 1. The van der Waals surface area contributed by atoms with Crippen molar-refractivity contribution in [3.63, 3.8) is 0 Å². The van der Waals surface area contributed by atoms with E-state index in [1.54, 1.807) is 6.92 Å². The average Bonchev–Trinajstić information content (AvgIpc) is 2.55. The second kappa shape index (κ2) is 7.45. The highest BCUT2D eigenvalue weighted by Crippen LogP contribution is 2.28. The van der Waals surface area contributed by atoms with Crippen LogP contribution in [0.25, 0.3) is 0 Å². The molecule has 0 atom stereocenters. The van der Waals surface area contributed by atoms with Crippen LogP contribution in [0.3, 0.4) is 0 Å². The van der Waals surface area contributed by atoms with Gasteiger partial charge in [-0.1, -0.05) is 6.07 Å². The van der Waals surface area contributed by atoms with Crippen LogP contribution in [0.1, 0.15) is 12.5 Å². The number of nitrogens with zero attached hydrogens (tertiary/aromatic N) is 1. The van der Waals surface area contributed by atoms with Crippen molar-refractivity contribution in [1.82, 2.24) is 0 Å². The van der Waals surface area contributed by atoms with Crippen LogP contribution >= 0.6 is 0 Å². The maximum Gasteiger partial charge on any atom is 0.419 e. The molecule has 0 radical (unpaired) electrons. The second-order valence-electron chi connectivity index (χ2n) is 5.12. The van der Waals surface area contributed by atoms with Gasteiger partial charge in [-0.05, 0) is 25.1 Å². The minimum Gasteiger partial charge on any atom is -0.318 e. The van der Waals surface area contributed by atoms with Crippen molar-refractivity contribution in [3.8, 4) is 0 Å². The quantitative estimate of drug-likeness (QED) is 0.832. The van der Waals surface area contributed by atoms with Crippen molar-refractivity contribution < 1.29 is 31.7 Å². The third-order valence-corrected chi connectivity index (χ3v) is 3.41. The van der Waals surface area contributed by atoms with Crippen molar-refractivity contribution in [2.75, 3.05) is 23.3 Å². The zero-order chi connectivity index (χ0) is 18.6. The number of nitrogens with one attached hydrogen (secondary N) is 2. The molecule has 0 unspecified atom stereocenters. The number of aromatic amines is 1. The average molecular weight is 360 g/mol. The van der Waals surface area contributed by atoms with Crippen LogP contribution in [0.5, 0.6) is 0 Å². The lowest BCUT2D eigenvalue weighted by Crippen LogP contribution is -2.37. The molecule has 134 valence electrons. The fourth-order valence-electron chi connectivity index (χ4n) is 2.13. The van der Waals surface area contributed by atoms with Gasteiger partial charge in [0.25, 0.3) is 11.7 Å². The predicted octanol–water partition coefficient (Wildman–Crippen LogP) is 3.26. The Balaban J connectivity index is 2.10. The van der Waals surface area contributed by atoms with Gasteiger partial charge in [0.05, 0.1) is 12.1 Å². The normalized spacial score (nSPS) is 11.3. The number of anilines is 2. The Hall–Kier alpha value is -2.71. The number of hydrogen-bond acceptors (Lipinski definition) is 2. The number of carbonyl (C=O) groups is 1. The summed E-state index contributed by atoms with van der Waals surface area (Å²) in [6, 6.07) is 5.22. The zero-order valence-corrected chi connectivity index (χ0v) is 13.1. The fraction of sp³-hybridized carbons (Fsp3) is 0.250. The minimum atomic E-state index is -4.48. The van der Waals surface area contributed by atoms with Crippen LogP contribution in [-0.2, 0) is 11.0 Å². The molecule has 0 bridgehead atoms. The Labute approximate surface area is 140 Å². The molecule has 1 aromatic heterocycles. The summed E-state index contributed by atoms with van der Waals surface area (Å²) in [6.07, 6.45) is -3.70. The van der Waals surface area contributed by atoms with Gasteiger partial charge in [0, 0.05) is 6.07 Å². The SMILES string of the molecule is CCN(CC(=O)Nc1c(F)cccc1F)c1ccc(C(F)(F)F)c[nH+]1. The molecule has 4 nitrogen and oxygen atoms in total. The molecule has 0 aliphatic heterocycles.